The van der Waals surface area contributed by atoms with Crippen LogP contribution in [0.15, 0.2) is 41.8 Å². The number of amides is 1. The fourth-order valence-electron chi connectivity index (χ4n) is 6.77. The van der Waals surface area contributed by atoms with Crippen LogP contribution in [0.1, 0.15) is 67.8 Å². The van der Waals surface area contributed by atoms with Gasteiger partial charge in [0.05, 0.1) is 34.9 Å². The Morgan fingerprint density at radius 3 is 2.38 bits per heavy atom. The molecule has 2 saturated heterocycles. The Labute approximate surface area is 271 Å². The van der Waals surface area contributed by atoms with Crippen LogP contribution in [0.4, 0.5) is 10.1 Å². The average Bonchev–Trinajstić information content (AvgIpc) is 3.70. The number of fused-ring (bicyclic) bond motifs is 1. The summed E-state index contributed by atoms with van der Waals surface area (Å²) in [5.41, 5.74) is 0.793. The highest BCUT2D eigenvalue weighted by Gasteiger charge is 2.54. The monoisotopic (exact) mass is 655 g/mol. The van der Waals surface area contributed by atoms with Crippen LogP contribution in [-0.4, -0.2) is 72.2 Å². The third kappa shape index (κ3) is 6.53. The van der Waals surface area contributed by atoms with E-state index in [9.17, 15) is 14.4 Å². The van der Waals surface area contributed by atoms with Crippen molar-refractivity contribution in [2.24, 2.45) is 5.92 Å². The number of esters is 1. The second-order valence-electron chi connectivity index (χ2n) is 12.1. The number of nitrogens with one attached hydrogen (secondary N) is 1. The van der Waals surface area contributed by atoms with Gasteiger partial charge in [-0.15, -0.1) is 11.3 Å². The third-order valence-electron chi connectivity index (χ3n) is 9.27. The lowest BCUT2D eigenvalue weighted by Crippen LogP contribution is -2.71. The number of likely N-dealkylation sites (tertiary alicyclic amines) is 2. The lowest BCUT2D eigenvalue weighted by Gasteiger charge is -2.53. The van der Waals surface area contributed by atoms with Crippen molar-refractivity contribution in [2.45, 2.75) is 70.2 Å². The summed E-state index contributed by atoms with van der Waals surface area (Å²) in [7, 11) is 0. The molecule has 45 heavy (non-hydrogen) atoms. The van der Waals surface area contributed by atoms with Crippen LogP contribution in [0.25, 0.3) is 10.1 Å². The lowest BCUT2D eigenvalue weighted by molar-refractivity contribution is -0.268. The number of carbonyl (C=O) groups excluding carboxylic acids is 3. The predicted octanol–water partition coefficient (Wildman–Crippen LogP) is 6.65. The van der Waals surface area contributed by atoms with Gasteiger partial charge in [0.2, 0.25) is 5.85 Å². The second-order valence-corrected chi connectivity index (χ2v) is 13.4. The zero-order valence-electron chi connectivity index (χ0n) is 25.5. The Morgan fingerprint density at radius 1 is 1.02 bits per heavy atom. The first-order chi connectivity index (χ1) is 21.8. The molecule has 0 bridgehead atoms. The van der Waals surface area contributed by atoms with Gasteiger partial charge in [-0.05, 0) is 75.6 Å². The number of carbonyl (C=O) groups is 3. The topological polar surface area (TPSA) is 88.2 Å². The maximum Gasteiger partial charge on any atom is 0.308 e. The summed E-state index contributed by atoms with van der Waals surface area (Å²) in [6.45, 7) is 5.02. The first-order valence-corrected chi connectivity index (χ1v) is 17.2. The molecule has 0 radical (unpaired) electrons. The van der Waals surface area contributed by atoms with Gasteiger partial charge in [-0.25, -0.2) is 4.39 Å². The molecule has 1 unspecified atom stereocenters. The Kier molecular flexibility index (Phi) is 9.87. The molecule has 1 aliphatic carbocycles. The molecule has 1 atom stereocenters. The van der Waals surface area contributed by atoms with E-state index in [1.54, 1.807) is 5.38 Å². The van der Waals surface area contributed by atoms with Crippen molar-refractivity contribution in [1.29, 1.82) is 0 Å². The van der Waals surface area contributed by atoms with E-state index < -0.39 is 11.7 Å². The van der Waals surface area contributed by atoms with Crippen LogP contribution in [0.3, 0.4) is 0 Å². The molecule has 8 nitrogen and oxygen atoms in total. The van der Waals surface area contributed by atoms with Crippen molar-refractivity contribution >= 4 is 56.4 Å². The van der Waals surface area contributed by atoms with Crippen LogP contribution >= 0.6 is 22.9 Å². The van der Waals surface area contributed by atoms with Crippen molar-refractivity contribution in [3.8, 4) is 0 Å². The summed E-state index contributed by atoms with van der Waals surface area (Å²) in [6.07, 6.45) is 5.03. The van der Waals surface area contributed by atoms with E-state index >= 15 is 4.39 Å². The molecule has 3 heterocycles. The molecule has 240 valence electrons. The van der Waals surface area contributed by atoms with E-state index in [1.165, 1.54) is 23.5 Å². The first-order valence-electron chi connectivity index (χ1n) is 15.9. The van der Waals surface area contributed by atoms with E-state index in [0.29, 0.717) is 64.0 Å². The number of benzene rings is 2. The number of ether oxygens (including phenoxy) is 2. The summed E-state index contributed by atoms with van der Waals surface area (Å²) in [6, 6.07) is 10.2. The largest absolute Gasteiger partial charge is 0.466 e. The van der Waals surface area contributed by atoms with E-state index in [-0.39, 0.29) is 52.4 Å². The summed E-state index contributed by atoms with van der Waals surface area (Å²) >= 11 is 8.05. The molecule has 1 aromatic heterocycles. The molecule has 3 aliphatic rings. The zero-order chi connectivity index (χ0) is 31.6. The van der Waals surface area contributed by atoms with Crippen molar-refractivity contribution in [1.82, 2.24) is 9.80 Å². The summed E-state index contributed by atoms with van der Waals surface area (Å²) in [5.74, 6) is -2.85. The van der Waals surface area contributed by atoms with Gasteiger partial charge in [0.25, 0.3) is 5.91 Å². The Bertz CT molecular complexity index is 1560. The summed E-state index contributed by atoms with van der Waals surface area (Å²) in [4.78, 5) is 44.1. The molecular weight excluding hydrogens is 617 g/mol. The number of ketones is 1. The number of hydrogen-bond acceptors (Lipinski definition) is 8. The minimum absolute atomic E-state index is 0.147. The maximum absolute atomic E-state index is 15.7. The van der Waals surface area contributed by atoms with Gasteiger partial charge in [0, 0.05) is 48.1 Å². The summed E-state index contributed by atoms with van der Waals surface area (Å²) in [5, 5.41) is 5.49. The standard InChI is InChI=1S/C34H39ClFN3O5S/c1-2-43-33(42)22-10-12-24(13-11-22)44-34(39-16-7-17-39,38-14-5-6-15-38)31(40)19-23-18-27(35)29(20-28(23)36)37-32(41)26-21-45-30-9-4-3-8-25(26)30/h3-4,8-9,18,20-22,24H,2,5-7,10-17,19H2,1H3,(H,37,41). The van der Waals surface area contributed by atoms with Crippen LogP contribution in [-0.2, 0) is 25.5 Å². The first kappa shape index (κ1) is 32.1. The highest BCUT2D eigenvalue weighted by molar-refractivity contribution is 7.17. The number of thiophene rings is 1. The van der Waals surface area contributed by atoms with Crippen molar-refractivity contribution in [2.75, 3.05) is 38.1 Å². The minimum Gasteiger partial charge on any atom is -0.466 e. The Balaban J connectivity index is 1.21. The number of rotatable bonds is 11. The third-order valence-corrected chi connectivity index (χ3v) is 10.5. The van der Waals surface area contributed by atoms with E-state index in [1.807, 2.05) is 31.2 Å². The van der Waals surface area contributed by atoms with Gasteiger partial charge < -0.3 is 14.8 Å². The molecule has 2 aliphatic heterocycles. The molecule has 1 saturated carbocycles. The van der Waals surface area contributed by atoms with Crippen molar-refractivity contribution < 1.29 is 28.2 Å². The van der Waals surface area contributed by atoms with Gasteiger partial charge >= 0.3 is 5.97 Å². The molecule has 3 fully saturated rings. The van der Waals surface area contributed by atoms with Crippen LogP contribution < -0.4 is 5.32 Å². The SMILES string of the molecule is CCOC(=O)C1CCC(OC(C(=O)Cc2cc(Cl)c(NC(=O)c3csc4ccccc34)cc2F)(N2CCCC2)N2CCC2)CC1. The minimum atomic E-state index is -1.30. The predicted molar refractivity (Wildman–Crippen MR) is 173 cm³/mol. The number of halogens is 2. The number of anilines is 1. The van der Waals surface area contributed by atoms with Gasteiger partial charge in [-0.3, -0.25) is 24.2 Å². The number of Topliss-reactive ketones (excluding diaryl/α,β-unsaturated/α-hetero) is 1. The van der Waals surface area contributed by atoms with Gasteiger partial charge in [0.1, 0.15) is 5.82 Å². The molecule has 3 aromatic rings. The molecule has 11 heteroatoms. The van der Waals surface area contributed by atoms with Gasteiger partial charge in [-0.1, -0.05) is 29.8 Å². The van der Waals surface area contributed by atoms with E-state index in [4.69, 9.17) is 21.1 Å². The molecule has 6 rings (SSSR count). The average molecular weight is 656 g/mol. The van der Waals surface area contributed by atoms with Crippen LogP contribution in [0.5, 0.6) is 0 Å². The van der Waals surface area contributed by atoms with Gasteiger partial charge in [-0.2, -0.15) is 0 Å². The quantitative estimate of drug-likeness (QED) is 0.231. The molecule has 1 N–H and O–H groups in total. The Morgan fingerprint density at radius 2 is 1.71 bits per heavy atom. The molecule has 1 amide bonds. The van der Waals surface area contributed by atoms with Crippen LogP contribution in [0.2, 0.25) is 5.02 Å². The normalized spacial score (nSPS) is 22.1. The second kappa shape index (κ2) is 13.8. The molecular formula is C34H39ClFN3O5S. The Hall–Kier alpha value is -2.89. The van der Waals surface area contributed by atoms with Crippen molar-refractivity contribution in [3.63, 3.8) is 0 Å². The smallest absolute Gasteiger partial charge is 0.308 e. The van der Waals surface area contributed by atoms with Crippen molar-refractivity contribution in [3.05, 3.63) is 63.7 Å². The van der Waals surface area contributed by atoms with Crippen LogP contribution in [0, 0.1) is 11.7 Å². The lowest BCUT2D eigenvalue weighted by atomic mass is 9.87. The molecule has 2 aromatic carbocycles. The number of hydrogen-bond donors (Lipinski definition) is 1. The van der Waals surface area contributed by atoms with E-state index in [0.717, 1.165) is 29.3 Å². The number of nitrogens with zero attached hydrogens (tertiary/aromatic N) is 2. The maximum atomic E-state index is 15.7. The zero-order valence-corrected chi connectivity index (χ0v) is 27.1. The van der Waals surface area contributed by atoms with Gasteiger partial charge in [0.15, 0.2) is 5.78 Å². The fourth-order valence-corrected chi connectivity index (χ4v) is 7.94. The fraction of sp³-hybridized carbons (Fsp3) is 0.500. The summed E-state index contributed by atoms with van der Waals surface area (Å²) < 4.78 is 28.7. The molecule has 0 spiro atoms. The highest BCUT2D eigenvalue weighted by Crippen LogP contribution is 2.38. The van der Waals surface area contributed by atoms with E-state index in [2.05, 4.69) is 15.1 Å². The highest BCUT2D eigenvalue weighted by atomic mass is 35.5.